The number of nitrogens with zero attached hydrogens (tertiary/aromatic N) is 1. The molecule has 17 heavy (non-hydrogen) atoms. The van der Waals surface area contributed by atoms with Crippen molar-refractivity contribution < 1.29 is 9.90 Å². The van der Waals surface area contributed by atoms with Crippen molar-refractivity contribution in [3.8, 4) is 5.69 Å². The molecule has 1 N–H and O–H groups in total. The van der Waals surface area contributed by atoms with Crippen molar-refractivity contribution in [2.24, 2.45) is 0 Å². The smallest absolute Gasteiger partial charge is 0.303 e. The van der Waals surface area contributed by atoms with Gasteiger partial charge in [-0.3, -0.25) is 4.79 Å². The summed E-state index contributed by atoms with van der Waals surface area (Å²) < 4.78 is 1.93. The molecule has 0 bridgehead atoms. The van der Waals surface area contributed by atoms with Gasteiger partial charge in [0.2, 0.25) is 0 Å². The van der Waals surface area contributed by atoms with Crippen LogP contribution in [0.1, 0.15) is 12.0 Å². The van der Waals surface area contributed by atoms with Gasteiger partial charge >= 0.3 is 5.97 Å². The number of aromatic nitrogens is 1. The molecule has 0 radical (unpaired) electrons. The lowest BCUT2D eigenvalue weighted by atomic mass is 10.1. The van der Waals surface area contributed by atoms with Gasteiger partial charge in [-0.1, -0.05) is 17.7 Å². The first-order valence-corrected chi connectivity index (χ1v) is 5.69. The zero-order valence-corrected chi connectivity index (χ0v) is 9.89. The van der Waals surface area contributed by atoms with E-state index in [0.717, 1.165) is 11.3 Å². The molecule has 0 unspecified atom stereocenters. The highest BCUT2D eigenvalue weighted by atomic mass is 35.5. The lowest BCUT2D eigenvalue weighted by molar-refractivity contribution is -0.136. The second-order valence-electron chi connectivity index (χ2n) is 3.72. The second kappa shape index (κ2) is 5.06. The fraction of sp³-hybridized carbons (Fsp3) is 0.154. The van der Waals surface area contributed by atoms with Crippen LogP contribution in [0.5, 0.6) is 0 Å². The number of carboxylic acids is 1. The van der Waals surface area contributed by atoms with Crippen LogP contribution in [0.3, 0.4) is 0 Å². The third-order valence-corrected chi connectivity index (χ3v) is 2.92. The number of hydrogen-bond acceptors (Lipinski definition) is 1. The molecule has 0 fully saturated rings. The summed E-state index contributed by atoms with van der Waals surface area (Å²) in [6, 6.07) is 9.42. The van der Waals surface area contributed by atoms with Crippen molar-refractivity contribution in [2.75, 3.05) is 0 Å². The molecule has 0 atom stereocenters. The fourth-order valence-electron chi connectivity index (χ4n) is 1.76. The van der Waals surface area contributed by atoms with Crippen molar-refractivity contribution in [2.45, 2.75) is 12.8 Å². The van der Waals surface area contributed by atoms with E-state index < -0.39 is 5.97 Å². The van der Waals surface area contributed by atoms with Gasteiger partial charge in [-0.2, -0.15) is 0 Å². The van der Waals surface area contributed by atoms with Gasteiger partial charge in [-0.15, -0.1) is 0 Å². The number of rotatable bonds is 4. The molecule has 0 saturated carbocycles. The first-order chi connectivity index (χ1) is 8.18. The molecule has 1 heterocycles. The Labute approximate surface area is 104 Å². The van der Waals surface area contributed by atoms with Gasteiger partial charge in [0.25, 0.3) is 0 Å². The Morgan fingerprint density at radius 3 is 2.59 bits per heavy atom. The SMILES string of the molecule is O=C(O)CCc1c(Cl)cccc1-n1cccc1. The van der Waals surface area contributed by atoms with Crippen LogP contribution in [-0.2, 0) is 11.2 Å². The minimum absolute atomic E-state index is 0.0814. The summed E-state index contributed by atoms with van der Waals surface area (Å²) in [6.45, 7) is 0. The highest BCUT2D eigenvalue weighted by Gasteiger charge is 2.09. The number of carboxylic acid groups (broad SMARTS) is 1. The number of aliphatic carboxylic acids is 1. The summed E-state index contributed by atoms with van der Waals surface area (Å²) in [7, 11) is 0. The molecule has 0 saturated heterocycles. The topological polar surface area (TPSA) is 42.2 Å². The maximum absolute atomic E-state index is 10.6. The summed E-state index contributed by atoms with van der Waals surface area (Å²) in [6.07, 6.45) is 4.34. The minimum Gasteiger partial charge on any atom is -0.481 e. The molecule has 3 nitrogen and oxygen atoms in total. The monoisotopic (exact) mass is 249 g/mol. The molecule has 88 valence electrons. The van der Waals surface area contributed by atoms with Crippen LogP contribution in [0.15, 0.2) is 42.7 Å². The number of halogens is 1. The predicted octanol–water partition coefficient (Wildman–Crippen LogP) is 3.15. The highest BCUT2D eigenvalue weighted by Crippen LogP contribution is 2.24. The standard InChI is InChI=1S/C13H12ClNO2/c14-11-4-3-5-12(15-8-1-2-9-15)10(11)6-7-13(16)17/h1-5,8-9H,6-7H2,(H,16,17). The second-order valence-corrected chi connectivity index (χ2v) is 4.13. The molecular weight excluding hydrogens is 238 g/mol. The third-order valence-electron chi connectivity index (χ3n) is 2.57. The summed E-state index contributed by atoms with van der Waals surface area (Å²) in [4.78, 5) is 10.6. The lowest BCUT2D eigenvalue weighted by Gasteiger charge is -2.11. The first-order valence-electron chi connectivity index (χ1n) is 5.31. The van der Waals surface area contributed by atoms with Crippen molar-refractivity contribution in [1.82, 2.24) is 4.57 Å². The molecule has 0 aliphatic rings. The van der Waals surface area contributed by atoms with Crippen molar-refractivity contribution in [1.29, 1.82) is 0 Å². The maximum atomic E-state index is 10.6. The largest absolute Gasteiger partial charge is 0.481 e. The third kappa shape index (κ3) is 2.68. The van der Waals surface area contributed by atoms with Gasteiger partial charge in [0, 0.05) is 29.5 Å². The molecule has 0 aliphatic carbocycles. The van der Waals surface area contributed by atoms with Gasteiger partial charge in [0.1, 0.15) is 0 Å². The fourth-order valence-corrected chi connectivity index (χ4v) is 2.03. The predicted molar refractivity (Wildman–Crippen MR) is 66.7 cm³/mol. The van der Waals surface area contributed by atoms with Gasteiger partial charge in [0.15, 0.2) is 0 Å². The molecule has 0 amide bonds. The average Bonchev–Trinajstić information content (AvgIpc) is 2.80. The van der Waals surface area contributed by atoms with Crippen LogP contribution in [0, 0.1) is 0 Å². The van der Waals surface area contributed by atoms with Gasteiger partial charge in [-0.25, -0.2) is 0 Å². The van der Waals surface area contributed by atoms with Crippen molar-refractivity contribution in [3.63, 3.8) is 0 Å². The molecule has 4 heteroatoms. The van der Waals surface area contributed by atoms with E-state index >= 15 is 0 Å². The van der Waals surface area contributed by atoms with Gasteiger partial charge in [0.05, 0.1) is 0 Å². The van der Waals surface area contributed by atoms with E-state index in [9.17, 15) is 4.79 Å². The molecule has 0 aliphatic heterocycles. The Bertz CT molecular complexity index is 520. The number of hydrogen-bond donors (Lipinski definition) is 1. The average molecular weight is 250 g/mol. The molecule has 0 spiro atoms. The van der Waals surface area contributed by atoms with Gasteiger partial charge < -0.3 is 9.67 Å². The highest BCUT2D eigenvalue weighted by molar-refractivity contribution is 6.31. The van der Waals surface area contributed by atoms with E-state index in [1.165, 1.54) is 0 Å². The number of carbonyl (C=O) groups is 1. The zero-order chi connectivity index (χ0) is 12.3. The Balaban J connectivity index is 2.38. The molecule has 1 aromatic heterocycles. The van der Waals surface area contributed by atoms with Crippen LogP contribution >= 0.6 is 11.6 Å². The number of benzene rings is 1. The van der Waals surface area contributed by atoms with E-state index in [1.54, 1.807) is 6.07 Å². The summed E-state index contributed by atoms with van der Waals surface area (Å²) >= 11 is 6.12. The Hall–Kier alpha value is -1.74. The quantitative estimate of drug-likeness (QED) is 0.905. The maximum Gasteiger partial charge on any atom is 0.303 e. The van der Waals surface area contributed by atoms with E-state index in [-0.39, 0.29) is 6.42 Å². The van der Waals surface area contributed by atoms with Crippen LogP contribution < -0.4 is 0 Å². The molecule has 2 aromatic rings. The van der Waals surface area contributed by atoms with Crippen LogP contribution in [0.2, 0.25) is 5.02 Å². The van der Waals surface area contributed by atoms with Crippen LogP contribution in [0.4, 0.5) is 0 Å². The van der Waals surface area contributed by atoms with E-state index in [4.69, 9.17) is 16.7 Å². The first kappa shape index (κ1) is 11.7. The molecule has 2 rings (SSSR count). The van der Waals surface area contributed by atoms with Crippen LogP contribution in [-0.4, -0.2) is 15.6 Å². The summed E-state index contributed by atoms with van der Waals surface area (Å²) in [5, 5.41) is 9.35. The van der Waals surface area contributed by atoms with E-state index in [0.29, 0.717) is 11.4 Å². The minimum atomic E-state index is -0.816. The van der Waals surface area contributed by atoms with Crippen molar-refractivity contribution in [3.05, 3.63) is 53.3 Å². The van der Waals surface area contributed by atoms with Gasteiger partial charge in [-0.05, 0) is 36.2 Å². The Kier molecular flexibility index (Phi) is 3.49. The zero-order valence-electron chi connectivity index (χ0n) is 9.14. The van der Waals surface area contributed by atoms with Crippen molar-refractivity contribution >= 4 is 17.6 Å². The molecular formula is C13H12ClNO2. The van der Waals surface area contributed by atoms with E-state index in [2.05, 4.69) is 0 Å². The summed E-state index contributed by atoms with van der Waals surface area (Å²) in [5.74, 6) is -0.816. The Morgan fingerprint density at radius 1 is 1.24 bits per heavy atom. The van der Waals surface area contributed by atoms with E-state index in [1.807, 2.05) is 41.2 Å². The Morgan fingerprint density at radius 2 is 1.94 bits per heavy atom. The lowest BCUT2D eigenvalue weighted by Crippen LogP contribution is -2.02. The molecule has 1 aromatic carbocycles. The normalized spacial score (nSPS) is 10.4. The van der Waals surface area contributed by atoms with Crippen LogP contribution in [0.25, 0.3) is 5.69 Å². The summed E-state index contributed by atoms with van der Waals surface area (Å²) in [5.41, 5.74) is 1.80.